The summed E-state index contributed by atoms with van der Waals surface area (Å²) in [5, 5.41) is 0. The van der Waals surface area contributed by atoms with Crippen LogP contribution in [0.1, 0.15) is 30.0 Å². The SMILES string of the molecule is CCC(=O)N1Cc2ccc(-c3ccc(C(F)(F)F)cc3)cc2C1. The Morgan fingerprint density at radius 1 is 1.00 bits per heavy atom. The molecule has 1 amide bonds. The predicted molar refractivity (Wildman–Crippen MR) is 81.4 cm³/mol. The van der Waals surface area contributed by atoms with Crippen LogP contribution < -0.4 is 0 Å². The Kier molecular flexibility index (Phi) is 3.88. The summed E-state index contributed by atoms with van der Waals surface area (Å²) >= 11 is 0. The van der Waals surface area contributed by atoms with Gasteiger partial charge in [-0.2, -0.15) is 13.2 Å². The zero-order valence-electron chi connectivity index (χ0n) is 12.7. The van der Waals surface area contributed by atoms with E-state index in [2.05, 4.69) is 0 Å². The first-order chi connectivity index (χ1) is 10.9. The first-order valence-corrected chi connectivity index (χ1v) is 7.45. The number of hydrogen-bond acceptors (Lipinski definition) is 1. The van der Waals surface area contributed by atoms with Gasteiger partial charge in [-0.3, -0.25) is 4.79 Å². The molecule has 0 unspecified atom stereocenters. The Bertz CT molecular complexity index is 735. The van der Waals surface area contributed by atoms with Crippen molar-refractivity contribution < 1.29 is 18.0 Å². The van der Waals surface area contributed by atoms with Crippen LogP contribution in [0, 0.1) is 0 Å². The summed E-state index contributed by atoms with van der Waals surface area (Å²) in [6.07, 6.45) is -3.85. The first-order valence-electron chi connectivity index (χ1n) is 7.45. The molecule has 0 aliphatic carbocycles. The molecule has 0 saturated heterocycles. The smallest absolute Gasteiger partial charge is 0.334 e. The van der Waals surface area contributed by atoms with Crippen LogP contribution in [0.2, 0.25) is 0 Å². The number of carbonyl (C=O) groups excluding carboxylic acids is 1. The van der Waals surface area contributed by atoms with Crippen molar-refractivity contribution >= 4 is 5.91 Å². The summed E-state index contributed by atoms with van der Waals surface area (Å²) in [6.45, 7) is 3.00. The number of fused-ring (bicyclic) bond motifs is 1. The van der Waals surface area contributed by atoms with Gasteiger partial charge in [0.2, 0.25) is 5.91 Å². The molecule has 0 radical (unpaired) electrons. The van der Waals surface area contributed by atoms with Crippen molar-refractivity contribution in [3.8, 4) is 11.1 Å². The number of alkyl halides is 3. The molecule has 2 aromatic rings. The number of benzene rings is 2. The maximum absolute atomic E-state index is 12.6. The third kappa shape index (κ3) is 3.09. The third-order valence-electron chi connectivity index (χ3n) is 4.13. The molecule has 5 heteroatoms. The van der Waals surface area contributed by atoms with Gasteiger partial charge in [-0.05, 0) is 40.5 Å². The van der Waals surface area contributed by atoms with E-state index in [1.807, 2.05) is 25.1 Å². The fraction of sp³-hybridized carbons (Fsp3) is 0.278. The van der Waals surface area contributed by atoms with E-state index < -0.39 is 11.7 Å². The minimum absolute atomic E-state index is 0.109. The molecule has 0 aromatic heterocycles. The number of halogens is 3. The molecule has 0 saturated carbocycles. The maximum atomic E-state index is 12.6. The van der Waals surface area contributed by atoms with E-state index in [-0.39, 0.29) is 5.91 Å². The van der Waals surface area contributed by atoms with Gasteiger partial charge in [0.05, 0.1) is 5.56 Å². The quantitative estimate of drug-likeness (QED) is 0.790. The maximum Gasteiger partial charge on any atom is 0.416 e. The first kappa shape index (κ1) is 15.6. The molecule has 1 aliphatic heterocycles. The Balaban J connectivity index is 1.85. The minimum atomic E-state index is -4.32. The average molecular weight is 319 g/mol. The average Bonchev–Trinajstić information content (AvgIpc) is 2.96. The van der Waals surface area contributed by atoms with E-state index in [4.69, 9.17) is 0 Å². The predicted octanol–water partition coefficient (Wildman–Crippen LogP) is 4.62. The van der Waals surface area contributed by atoms with Crippen molar-refractivity contribution in [2.75, 3.05) is 0 Å². The Labute approximate surface area is 132 Å². The van der Waals surface area contributed by atoms with Gasteiger partial charge in [-0.25, -0.2) is 0 Å². The highest BCUT2D eigenvalue weighted by Gasteiger charge is 2.30. The van der Waals surface area contributed by atoms with Crippen molar-refractivity contribution in [3.63, 3.8) is 0 Å². The molecule has 2 aromatic carbocycles. The number of carbonyl (C=O) groups is 1. The standard InChI is InChI=1S/C18H16F3NO/c1-2-17(23)22-10-14-4-3-13(9-15(14)11-22)12-5-7-16(8-6-12)18(19,20)21/h3-9H,2,10-11H2,1H3. The van der Waals surface area contributed by atoms with Gasteiger partial charge in [0.25, 0.3) is 0 Å². The molecule has 0 bridgehead atoms. The van der Waals surface area contributed by atoms with Crippen LogP contribution in [0.4, 0.5) is 13.2 Å². The highest BCUT2D eigenvalue weighted by molar-refractivity contribution is 5.77. The highest BCUT2D eigenvalue weighted by atomic mass is 19.4. The van der Waals surface area contributed by atoms with Crippen LogP contribution in [0.5, 0.6) is 0 Å². The fourth-order valence-corrected chi connectivity index (χ4v) is 2.83. The van der Waals surface area contributed by atoms with Crippen LogP contribution in [-0.4, -0.2) is 10.8 Å². The lowest BCUT2D eigenvalue weighted by Gasteiger charge is -2.13. The second kappa shape index (κ2) is 5.72. The van der Waals surface area contributed by atoms with Crippen molar-refractivity contribution in [1.29, 1.82) is 0 Å². The number of amides is 1. The van der Waals surface area contributed by atoms with Crippen molar-refractivity contribution in [2.45, 2.75) is 32.6 Å². The molecule has 0 atom stereocenters. The second-order valence-corrected chi connectivity index (χ2v) is 5.66. The van der Waals surface area contributed by atoms with Crippen molar-refractivity contribution in [3.05, 3.63) is 59.2 Å². The van der Waals surface area contributed by atoms with E-state index in [1.54, 1.807) is 4.90 Å². The number of hydrogen-bond donors (Lipinski definition) is 0. The van der Waals surface area contributed by atoms with Crippen molar-refractivity contribution in [2.24, 2.45) is 0 Å². The Hall–Kier alpha value is -2.30. The Morgan fingerprint density at radius 2 is 1.61 bits per heavy atom. The molecule has 23 heavy (non-hydrogen) atoms. The van der Waals surface area contributed by atoms with Gasteiger partial charge in [0, 0.05) is 19.5 Å². The van der Waals surface area contributed by atoms with Gasteiger partial charge in [0.1, 0.15) is 0 Å². The summed E-state index contributed by atoms with van der Waals surface area (Å²) in [6, 6.07) is 10.9. The van der Waals surface area contributed by atoms with Crippen LogP contribution >= 0.6 is 0 Å². The van der Waals surface area contributed by atoms with Crippen LogP contribution in [-0.2, 0) is 24.1 Å². The lowest BCUT2D eigenvalue weighted by atomic mass is 9.99. The van der Waals surface area contributed by atoms with Gasteiger partial charge in [-0.15, -0.1) is 0 Å². The zero-order valence-corrected chi connectivity index (χ0v) is 12.7. The van der Waals surface area contributed by atoms with Gasteiger partial charge >= 0.3 is 6.18 Å². The molecule has 1 heterocycles. The summed E-state index contributed by atoms with van der Waals surface area (Å²) in [4.78, 5) is 13.6. The third-order valence-corrected chi connectivity index (χ3v) is 4.13. The van der Waals surface area contributed by atoms with E-state index in [1.165, 1.54) is 12.1 Å². The largest absolute Gasteiger partial charge is 0.416 e. The topological polar surface area (TPSA) is 20.3 Å². The molecule has 3 rings (SSSR count). The second-order valence-electron chi connectivity index (χ2n) is 5.66. The van der Waals surface area contributed by atoms with Gasteiger partial charge < -0.3 is 4.90 Å². The number of nitrogens with zero attached hydrogens (tertiary/aromatic N) is 1. The van der Waals surface area contributed by atoms with Crippen molar-refractivity contribution in [1.82, 2.24) is 4.90 Å². The van der Waals surface area contributed by atoms with E-state index >= 15 is 0 Å². The molecule has 120 valence electrons. The zero-order chi connectivity index (χ0) is 16.6. The molecule has 2 nitrogen and oxygen atoms in total. The summed E-state index contributed by atoms with van der Waals surface area (Å²) in [5.41, 5.74) is 3.11. The summed E-state index contributed by atoms with van der Waals surface area (Å²) in [7, 11) is 0. The lowest BCUT2D eigenvalue weighted by molar-refractivity contribution is -0.137. The van der Waals surface area contributed by atoms with Gasteiger partial charge in [-0.1, -0.05) is 31.2 Å². The normalized spacial score (nSPS) is 14.0. The molecular formula is C18H16F3NO. The molecular weight excluding hydrogens is 303 g/mol. The van der Waals surface area contributed by atoms with Crippen LogP contribution in [0.3, 0.4) is 0 Å². The molecule has 1 aliphatic rings. The summed E-state index contributed by atoms with van der Waals surface area (Å²) in [5.74, 6) is 0.109. The van der Waals surface area contributed by atoms with E-state index in [9.17, 15) is 18.0 Å². The lowest BCUT2D eigenvalue weighted by Crippen LogP contribution is -2.23. The monoisotopic (exact) mass is 319 g/mol. The van der Waals surface area contributed by atoms with Crippen LogP contribution in [0.15, 0.2) is 42.5 Å². The number of rotatable bonds is 2. The Morgan fingerprint density at radius 3 is 2.22 bits per heavy atom. The van der Waals surface area contributed by atoms with E-state index in [0.29, 0.717) is 19.5 Å². The van der Waals surface area contributed by atoms with Gasteiger partial charge in [0.15, 0.2) is 0 Å². The van der Waals surface area contributed by atoms with Crippen LogP contribution in [0.25, 0.3) is 11.1 Å². The minimum Gasteiger partial charge on any atom is -0.334 e. The van der Waals surface area contributed by atoms with E-state index in [0.717, 1.165) is 34.4 Å². The fourth-order valence-electron chi connectivity index (χ4n) is 2.83. The molecule has 0 fully saturated rings. The molecule has 0 N–H and O–H groups in total. The molecule has 0 spiro atoms. The summed E-state index contributed by atoms with van der Waals surface area (Å²) < 4.78 is 37.9. The highest BCUT2D eigenvalue weighted by Crippen LogP contribution is 2.32.